The predicted octanol–water partition coefficient (Wildman–Crippen LogP) is 3.55. The molecule has 0 aliphatic heterocycles. The van der Waals surface area contributed by atoms with E-state index in [2.05, 4.69) is 42.0 Å². The van der Waals surface area contributed by atoms with Crippen molar-refractivity contribution in [2.24, 2.45) is 0 Å². The van der Waals surface area contributed by atoms with Crippen LogP contribution in [0.3, 0.4) is 0 Å². The first kappa shape index (κ1) is 15.0. The lowest BCUT2D eigenvalue weighted by Crippen LogP contribution is -2.35. The molecule has 1 aromatic rings. The molecule has 4 heteroatoms. The summed E-state index contributed by atoms with van der Waals surface area (Å²) in [7, 11) is 0. The lowest BCUT2D eigenvalue weighted by Gasteiger charge is -2.22. The van der Waals surface area contributed by atoms with Crippen molar-refractivity contribution >= 4 is 15.9 Å². The van der Waals surface area contributed by atoms with Crippen molar-refractivity contribution in [3.63, 3.8) is 0 Å². The summed E-state index contributed by atoms with van der Waals surface area (Å²) in [4.78, 5) is 0. The highest BCUT2D eigenvalue weighted by atomic mass is 79.9. The first-order valence-corrected chi connectivity index (χ1v) is 6.66. The molecule has 0 heterocycles. The highest BCUT2D eigenvalue weighted by Gasteiger charge is 2.13. The van der Waals surface area contributed by atoms with Crippen LogP contribution in [0.15, 0.2) is 16.6 Å². The summed E-state index contributed by atoms with van der Waals surface area (Å²) in [5, 5.41) is 12.0. The van der Waals surface area contributed by atoms with Crippen molar-refractivity contribution in [3.8, 4) is 11.8 Å². The third kappa shape index (κ3) is 4.67. The largest absolute Gasteiger partial charge is 0.478 e. The van der Waals surface area contributed by atoms with Gasteiger partial charge in [0.25, 0.3) is 0 Å². The second-order valence-electron chi connectivity index (χ2n) is 5.26. The lowest BCUT2D eigenvalue weighted by molar-refractivity contribution is 0.354. The number of rotatable bonds is 4. The van der Waals surface area contributed by atoms with Crippen LogP contribution in [0.2, 0.25) is 0 Å². The van der Waals surface area contributed by atoms with Gasteiger partial charge in [-0.25, -0.2) is 0 Å². The van der Waals surface area contributed by atoms with Crippen LogP contribution in [-0.2, 0) is 6.54 Å². The molecule has 0 saturated carbocycles. The van der Waals surface area contributed by atoms with Gasteiger partial charge in [0.15, 0.2) is 6.61 Å². The summed E-state index contributed by atoms with van der Waals surface area (Å²) in [6.07, 6.45) is 0. The standard InChI is InChI=1S/C14H19BrN2O/c1-10-7-12(15)8-11(9-17-14(2,3)4)13(10)18-6-5-16/h7-8,17H,6,9H2,1-4H3. The Morgan fingerprint density at radius 1 is 1.39 bits per heavy atom. The number of ether oxygens (including phenoxy) is 1. The van der Waals surface area contributed by atoms with Crippen LogP contribution in [0.25, 0.3) is 0 Å². The minimum Gasteiger partial charge on any atom is -0.478 e. The molecule has 0 fully saturated rings. The Labute approximate surface area is 117 Å². The first-order chi connectivity index (χ1) is 8.33. The predicted molar refractivity (Wildman–Crippen MR) is 76.6 cm³/mol. The number of nitrogens with zero attached hydrogens (tertiary/aromatic N) is 1. The molecule has 0 aromatic heterocycles. The zero-order chi connectivity index (χ0) is 13.8. The van der Waals surface area contributed by atoms with Crippen molar-refractivity contribution in [1.29, 1.82) is 5.26 Å². The minimum absolute atomic E-state index is 0.0444. The maximum atomic E-state index is 8.62. The van der Waals surface area contributed by atoms with Gasteiger partial charge in [-0.05, 0) is 45.4 Å². The van der Waals surface area contributed by atoms with Gasteiger partial charge >= 0.3 is 0 Å². The van der Waals surface area contributed by atoms with E-state index in [1.54, 1.807) is 0 Å². The van der Waals surface area contributed by atoms with Crippen LogP contribution in [0.4, 0.5) is 0 Å². The van der Waals surface area contributed by atoms with Gasteiger partial charge < -0.3 is 10.1 Å². The quantitative estimate of drug-likeness (QED) is 0.925. The van der Waals surface area contributed by atoms with Crippen LogP contribution in [0.1, 0.15) is 31.9 Å². The smallest absolute Gasteiger partial charge is 0.174 e. The molecular weight excluding hydrogens is 292 g/mol. The summed E-state index contributed by atoms with van der Waals surface area (Å²) >= 11 is 3.49. The van der Waals surface area contributed by atoms with E-state index < -0.39 is 0 Å². The molecule has 0 radical (unpaired) electrons. The number of halogens is 1. The van der Waals surface area contributed by atoms with Gasteiger partial charge in [-0.2, -0.15) is 5.26 Å². The second-order valence-corrected chi connectivity index (χ2v) is 6.18. The van der Waals surface area contributed by atoms with Crippen LogP contribution >= 0.6 is 15.9 Å². The minimum atomic E-state index is 0.0444. The summed E-state index contributed by atoms with van der Waals surface area (Å²) < 4.78 is 6.54. The fourth-order valence-electron chi connectivity index (χ4n) is 1.60. The molecule has 3 nitrogen and oxygen atoms in total. The van der Waals surface area contributed by atoms with Gasteiger partial charge in [0.1, 0.15) is 11.8 Å². The average Bonchev–Trinajstić information content (AvgIpc) is 2.23. The van der Waals surface area contributed by atoms with E-state index in [4.69, 9.17) is 10.00 Å². The fraction of sp³-hybridized carbons (Fsp3) is 0.500. The molecule has 18 heavy (non-hydrogen) atoms. The first-order valence-electron chi connectivity index (χ1n) is 5.87. The van der Waals surface area contributed by atoms with Gasteiger partial charge in [0.2, 0.25) is 0 Å². The highest BCUT2D eigenvalue weighted by Crippen LogP contribution is 2.28. The molecular formula is C14H19BrN2O. The Morgan fingerprint density at radius 3 is 2.61 bits per heavy atom. The van der Waals surface area contributed by atoms with Crippen molar-refractivity contribution in [3.05, 3.63) is 27.7 Å². The van der Waals surface area contributed by atoms with E-state index in [0.29, 0.717) is 6.54 Å². The second kappa shape index (κ2) is 6.21. The van der Waals surface area contributed by atoms with Crippen LogP contribution in [0.5, 0.6) is 5.75 Å². The third-order valence-corrected chi connectivity index (χ3v) is 2.86. The van der Waals surface area contributed by atoms with Crippen LogP contribution in [-0.4, -0.2) is 12.1 Å². The monoisotopic (exact) mass is 310 g/mol. The van der Waals surface area contributed by atoms with Crippen LogP contribution < -0.4 is 10.1 Å². The van der Waals surface area contributed by atoms with Crippen molar-refractivity contribution in [2.45, 2.75) is 39.8 Å². The summed E-state index contributed by atoms with van der Waals surface area (Å²) in [6, 6.07) is 6.02. The van der Waals surface area contributed by atoms with E-state index in [0.717, 1.165) is 21.3 Å². The van der Waals surface area contributed by atoms with E-state index in [1.165, 1.54) is 0 Å². The molecule has 0 aliphatic carbocycles. The topological polar surface area (TPSA) is 45.0 Å². The van der Waals surface area contributed by atoms with Gasteiger partial charge in [-0.1, -0.05) is 15.9 Å². The number of hydrogen-bond donors (Lipinski definition) is 1. The molecule has 0 bridgehead atoms. The van der Waals surface area contributed by atoms with E-state index in [1.807, 2.05) is 25.1 Å². The Bertz CT molecular complexity index is 458. The number of nitrogens with one attached hydrogen (secondary N) is 1. The highest BCUT2D eigenvalue weighted by molar-refractivity contribution is 9.10. The molecule has 0 saturated heterocycles. The normalized spacial score (nSPS) is 11.1. The van der Waals surface area contributed by atoms with Gasteiger partial charge in [0, 0.05) is 22.1 Å². The fourth-order valence-corrected chi connectivity index (χ4v) is 2.22. The summed E-state index contributed by atoms with van der Waals surface area (Å²) in [5.74, 6) is 0.802. The Hall–Kier alpha value is -1.05. The van der Waals surface area contributed by atoms with Gasteiger partial charge in [0.05, 0.1) is 0 Å². The number of aryl methyl sites for hydroxylation is 1. The molecule has 0 spiro atoms. The van der Waals surface area contributed by atoms with Crippen molar-refractivity contribution in [1.82, 2.24) is 5.32 Å². The van der Waals surface area contributed by atoms with E-state index in [-0.39, 0.29) is 12.1 Å². The maximum Gasteiger partial charge on any atom is 0.174 e. The Kier molecular flexibility index (Phi) is 5.18. The van der Waals surface area contributed by atoms with Gasteiger partial charge in [-0.15, -0.1) is 0 Å². The Morgan fingerprint density at radius 2 is 2.06 bits per heavy atom. The molecule has 0 aliphatic rings. The van der Waals surface area contributed by atoms with E-state index in [9.17, 15) is 0 Å². The van der Waals surface area contributed by atoms with E-state index >= 15 is 0 Å². The molecule has 1 N–H and O–H groups in total. The molecule has 98 valence electrons. The van der Waals surface area contributed by atoms with Crippen molar-refractivity contribution in [2.75, 3.05) is 6.61 Å². The Balaban J connectivity index is 2.96. The number of nitriles is 1. The molecule has 0 unspecified atom stereocenters. The maximum absolute atomic E-state index is 8.62. The van der Waals surface area contributed by atoms with Gasteiger partial charge in [-0.3, -0.25) is 0 Å². The third-order valence-electron chi connectivity index (χ3n) is 2.41. The number of benzene rings is 1. The SMILES string of the molecule is Cc1cc(Br)cc(CNC(C)(C)C)c1OCC#N. The summed E-state index contributed by atoms with van der Waals surface area (Å²) in [6.45, 7) is 9.13. The summed E-state index contributed by atoms with van der Waals surface area (Å²) in [5.41, 5.74) is 2.14. The molecule has 1 aromatic carbocycles. The lowest BCUT2D eigenvalue weighted by atomic mass is 10.1. The zero-order valence-corrected chi connectivity index (χ0v) is 12.9. The zero-order valence-electron chi connectivity index (χ0n) is 11.3. The number of hydrogen-bond acceptors (Lipinski definition) is 3. The average molecular weight is 311 g/mol. The molecule has 0 amide bonds. The van der Waals surface area contributed by atoms with Crippen LogP contribution in [0, 0.1) is 18.3 Å². The molecule has 1 rings (SSSR count). The molecule has 0 atom stereocenters. The van der Waals surface area contributed by atoms with Crippen molar-refractivity contribution < 1.29 is 4.74 Å².